The molecular weight excluding hydrogens is 290 g/mol. The maximum atomic E-state index is 12.0. The van der Waals surface area contributed by atoms with Crippen molar-refractivity contribution in [3.8, 4) is 5.75 Å². The van der Waals surface area contributed by atoms with E-state index in [-0.39, 0.29) is 6.54 Å². The van der Waals surface area contributed by atoms with E-state index in [1.54, 1.807) is 31.4 Å². The molecule has 0 radical (unpaired) electrons. The number of rotatable bonds is 9. The predicted molar refractivity (Wildman–Crippen MR) is 79.0 cm³/mol. The summed E-state index contributed by atoms with van der Waals surface area (Å²) in [6, 6.07) is 6.51. The van der Waals surface area contributed by atoms with Crippen molar-refractivity contribution in [3.63, 3.8) is 0 Å². The van der Waals surface area contributed by atoms with Crippen molar-refractivity contribution in [1.29, 1.82) is 0 Å². The molecule has 1 unspecified atom stereocenters. The minimum Gasteiger partial charge on any atom is -0.493 e. The fourth-order valence-corrected chi connectivity index (χ4v) is 1.55. The van der Waals surface area contributed by atoms with E-state index in [1.807, 2.05) is 0 Å². The maximum Gasteiger partial charge on any atom is 0.337 e. The van der Waals surface area contributed by atoms with Crippen LogP contribution >= 0.6 is 0 Å². The topological polar surface area (TPSA) is 105 Å². The number of aliphatic carboxylic acids is 1. The van der Waals surface area contributed by atoms with Gasteiger partial charge in [0.25, 0.3) is 5.91 Å². The van der Waals surface area contributed by atoms with Crippen LogP contribution in [0.4, 0.5) is 0 Å². The van der Waals surface area contributed by atoms with E-state index in [2.05, 4.69) is 5.32 Å². The van der Waals surface area contributed by atoms with Crippen molar-refractivity contribution >= 4 is 11.9 Å². The van der Waals surface area contributed by atoms with Crippen LogP contribution in [0.25, 0.3) is 0 Å². The van der Waals surface area contributed by atoms with Gasteiger partial charge in [0.05, 0.1) is 13.2 Å². The largest absolute Gasteiger partial charge is 0.493 e. The normalized spacial score (nSPS) is 13.2. The van der Waals surface area contributed by atoms with Crippen LogP contribution in [-0.4, -0.2) is 54.6 Å². The van der Waals surface area contributed by atoms with Gasteiger partial charge in [-0.1, -0.05) is 6.07 Å². The average molecular weight is 311 g/mol. The van der Waals surface area contributed by atoms with Gasteiger partial charge in [-0.15, -0.1) is 0 Å². The van der Waals surface area contributed by atoms with Crippen LogP contribution in [-0.2, 0) is 9.53 Å². The number of hydrogen-bond donors (Lipinski definition) is 3. The molecule has 0 aliphatic rings. The highest BCUT2D eigenvalue weighted by atomic mass is 16.5. The van der Waals surface area contributed by atoms with Crippen LogP contribution in [0.15, 0.2) is 24.3 Å². The first-order valence-electron chi connectivity index (χ1n) is 6.82. The van der Waals surface area contributed by atoms with Crippen molar-refractivity contribution in [2.75, 3.05) is 26.9 Å². The number of methoxy groups -OCH3 is 1. The van der Waals surface area contributed by atoms with E-state index in [0.717, 1.165) is 13.3 Å². The Hall–Kier alpha value is -2.12. The zero-order chi connectivity index (χ0) is 16.6. The second-order valence-electron chi connectivity index (χ2n) is 4.98. The summed E-state index contributed by atoms with van der Waals surface area (Å²) in [7, 11) is 1.61. The van der Waals surface area contributed by atoms with Gasteiger partial charge in [-0.2, -0.15) is 0 Å². The summed E-state index contributed by atoms with van der Waals surface area (Å²) in [5, 5.41) is 20.7. The molecule has 0 spiro atoms. The molecule has 0 bridgehead atoms. The van der Waals surface area contributed by atoms with E-state index in [0.29, 0.717) is 24.5 Å². The summed E-state index contributed by atoms with van der Waals surface area (Å²) < 4.78 is 10.4. The van der Waals surface area contributed by atoms with Crippen molar-refractivity contribution in [2.45, 2.75) is 18.9 Å². The first-order chi connectivity index (χ1) is 10.4. The summed E-state index contributed by atoms with van der Waals surface area (Å²) in [6.45, 7) is 1.78. The van der Waals surface area contributed by atoms with E-state index in [9.17, 15) is 14.7 Å². The minimum atomic E-state index is -2.01. The molecule has 0 aliphatic heterocycles. The molecule has 1 aromatic carbocycles. The standard InChI is InChI=1S/C15H21NO6/c1-15(20,14(18)19)10-16-13(17)11-5-3-6-12(9-11)22-8-4-7-21-2/h3,5-6,9,20H,4,7-8,10H2,1-2H3,(H,16,17)(H,18,19). The molecule has 1 rings (SSSR count). The molecule has 0 saturated carbocycles. The highest BCUT2D eigenvalue weighted by Gasteiger charge is 2.30. The zero-order valence-corrected chi connectivity index (χ0v) is 12.7. The van der Waals surface area contributed by atoms with Crippen LogP contribution < -0.4 is 10.1 Å². The van der Waals surface area contributed by atoms with Gasteiger partial charge in [-0.05, 0) is 25.1 Å². The van der Waals surface area contributed by atoms with E-state index >= 15 is 0 Å². The fraction of sp³-hybridized carbons (Fsp3) is 0.467. The summed E-state index contributed by atoms with van der Waals surface area (Å²) in [4.78, 5) is 22.7. The molecule has 122 valence electrons. The maximum absolute atomic E-state index is 12.0. The molecule has 1 aromatic rings. The molecule has 0 aliphatic carbocycles. The van der Waals surface area contributed by atoms with Gasteiger partial charge in [0.1, 0.15) is 5.75 Å². The first-order valence-corrected chi connectivity index (χ1v) is 6.82. The van der Waals surface area contributed by atoms with Crippen LogP contribution in [0.2, 0.25) is 0 Å². The third-order valence-corrected chi connectivity index (χ3v) is 2.91. The average Bonchev–Trinajstić information content (AvgIpc) is 2.49. The lowest BCUT2D eigenvalue weighted by molar-refractivity contribution is -0.155. The van der Waals surface area contributed by atoms with Crippen molar-refractivity contribution in [2.24, 2.45) is 0 Å². The van der Waals surface area contributed by atoms with Gasteiger partial charge in [-0.3, -0.25) is 4.79 Å². The Kier molecular flexibility index (Phi) is 6.81. The Morgan fingerprint density at radius 1 is 1.32 bits per heavy atom. The highest BCUT2D eigenvalue weighted by Crippen LogP contribution is 2.14. The van der Waals surface area contributed by atoms with Gasteiger partial charge < -0.3 is 25.0 Å². The highest BCUT2D eigenvalue weighted by molar-refractivity contribution is 5.95. The number of hydrogen-bond acceptors (Lipinski definition) is 5. The van der Waals surface area contributed by atoms with Crippen LogP contribution in [0, 0.1) is 0 Å². The number of nitrogens with one attached hydrogen (secondary N) is 1. The van der Waals surface area contributed by atoms with Crippen LogP contribution in [0.3, 0.4) is 0 Å². The zero-order valence-electron chi connectivity index (χ0n) is 12.7. The number of amides is 1. The number of benzene rings is 1. The van der Waals surface area contributed by atoms with Gasteiger partial charge in [0, 0.05) is 25.7 Å². The van der Waals surface area contributed by atoms with Crippen molar-refractivity contribution in [1.82, 2.24) is 5.32 Å². The molecule has 22 heavy (non-hydrogen) atoms. The second kappa shape index (κ2) is 8.35. The van der Waals surface area contributed by atoms with Crippen molar-refractivity contribution < 1.29 is 29.3 Å². The van der Waals surface area contributed by atoms with Gasteiger partial charge in [0.2, 0.25) is 0 Å². The number of carbonyl (C=O) groups excluding carboxylic acids is 1. The predicted octanol–water partition coefficient (Wildman–Crippen LogP) is 0.667. The first kappa shape index (κ1) is 17.9. The Bertz CT molecular complexity index is 515. The Balaban J connectivity index is 2.57. The molecule has 1 atom stereocenters. The molecular formula is C15H21NO6. The number of aliphatic hydroxyl groups is 1. The molecule has 0 fully saturated rings. The van der Waals surface area contributed by atoms with Gasteiger partial charge in [-0.25, -0.2) is 4.79 Å². The van der Waals surface area contributed by atoms with Crippen LogP contribution in [0.5, 0.6) is 5.75 Å². The molecule has 0 aromatic heterocycles. The quantitative estimate of drug-likeness (QED) is 0.579. The Morgan fingerprint density at radius 3 is 2.68 bits per heavy atom. The second-order valence-corrected chi connectivity index (χ2v) is 4.98. The molecule has 7 heteroatoms. The number of ether oxygens (including phenoxy) is 2. The minimum absolute atomic E-state index is 0.324. The smallest absolute Gasteiger partial charge is 0.337 e. The summed E-state index contributed by atoms with van der Waals surface area (Å²) in [5.41, 5.74) is -1.69. The van der Waals surface area contributed by atoms with Crippen LogP contribution in [0.1, 0.15) is 23.7 Å². The SMILES string of the molecule is COCCCOc1cccc(C(=O)NCC(C)(O)C(=O)O)c1. The van der Waals surface area contributed by atoms with E-state index in [1.165, 1.54) is 0 Å². The lowest BCUT2D eigenvalue weighted by atomic mass is 10.1. The third-order valence-electron chi connectivity index (χ3n) is 2.91. The Morgan fingerprint density at radius 2 is 2.05 bits per heavy atom. The fourth-order valence-electron chi connectivity index (χ4n) is 1.55. The lowest BCUT2D eigenvalue weighted by Crippen LogP contribution is -2.46. The number of carboxylic acid groups (broad SMARTS) is 1. The molecule has 1 amide bonds. The summed E-state index contributed by atoms with van der Waals surface area (Å²) >= 11 is 0. The molecule has 0 saturated heterocycles. The molecule has 0 heterocycles. The van der Waals surface area contributed by atoms with Gasteiger partial charge >= 0.3 is 5.97 Å². The van der Waals surface area contributed by atoms with Crippen molar-refractivity contribution in [3.05, 3.63) is 29.8 Å². The van der Waals surface area contributed by atoms with E-state index < -0.39 is 17.5 Å². The van der Waals surface area contributed by atoms with E-state index in [4.69, 9.17) is 14.6 Å². The Labute approximate surface area is 128 Å². The van der Waals surface area contributed by atoms with Gasteiger partial charge in [0.15, 0.2) is 5.60 Å². The monoisotopic (exact) mass is 311 g/mol. The summed E-state index contributed by atoms with van der Waals surface area (Å²) in [6.07, 6.45) is 0.731. The number of carbonyl (C=O) groups is 2. The summed E-state index contributed by atoms with van der Waals surface area (Å²) in [5.74, 6) is -1.35. The lowest BCUT2D eigenvalue weighted by Gasteiger charge is -2.18. The molecule has 3 N–H and O–H groups in total. The molecule has 7 nitrogen and oxygen atoms in total. The number of carboxylic acids is 1. The third kappa shape index (κ3) is 5.71.